The maximum atomic E-state index is 2.51. The van der Waals surface area contributed by atoms with Gasteiger partial charge in [0, 0.05) is 53.9 Å². The molecule has 2 aliphatic rings. The highest BCUT2D eigenvalue weighted by atomic mass is 32.1. The van der Waals surface area contributed by atoms with Crippen molar-refractivity contribution in [2.45, 2.75) is 5.41 Å². The molecule has 1 spiro atoms. The van der Waals surface area contributed by atoms with Crippen molar-refractivity contribution in [3.63, 3.8) is 0 Å². The number of nitrogens with zero attached hydrogens (tertiary/aromatic N) is 2. The van der Waals surface area contributed by atoms with Crippen LogP contribution >= 0.6 is 11.3 Å². The Morgan fingerprint density at radius 2 is 1.07 bits per heavy atom. The van der Waals surface area contributed by atoms with Gasteiger partial charge < -0.3 is 9.47 Å². The van der Waals surface area contributed by atoms with Gasteiger partial charge in [0.15, 0.2) is 0 Å². The maximum Gasteiger partial charge on any atom is 0.0839 e. The number of rotatable bonds is 4. The van der Waals surface area contributed by atoms with Gasteiger partial charge in [0.05, 0.1) is 22.1 Å². The average Bonchev–Trinajstić information content (AvgIpc) is 3.95. The van der Waals surface area contributed by atoms with Gasteiger partial charge in [-0.3, -0.25) is 0 Å². The SMILES string of the molecule is c1ccc(N(c2ccc3c(c2)c2ccccc2n3-c2ccccc2)c2cccc3c2[C@@]2(c4ccccc4-3)c3ccccc3-c3c2sc2ccccc32)cc1. The van der Waals surface area contributed by atoms with Crippen LogP contribution in [0.2, 0.25) is 0 Å². The lowest BCUT2D eigenvalue weighted by atomic mass is 9.73. The minimum Gasteiger partial charge on any atom is -0.310 e. The van der Waals surface area contributed by atoms with Crippen LogP contribution in [0.3, 0.4) is 0 Å². The topological polar surface area (TPSA) is 8.17 Å². The van der Waals surface area contributed by atoms with Crippen LogP contribution in [0.25, 0.3) is 59.8 Å². The highest BCUT2D eigenvalue weighted by Crippen LogP contribution is 2.68. The van der Waals surface area contributed by atoms with Crippen LogP contribution < -0.4 is 4.90 Å². The number of anilines is 3. The first-order valence-electron chi connectivity index (χ1n) is 18.6. The largest absolute Gasteiger partial charge is 0.310 e. The average molecular weight is 705 g/mol. The Kier molecular flexibility index (Phi) is 6.17. The number of hydrogen-bond donors (Lipinski definition) is 0. The summed E-state index contributed by atoms with van der Waals surface area (Å²) in [6, 6.07) is 71.7. The first-order chi connectivity index (χ1) is 26.8. The van der Waals surface area contributed by atoms with E-state index in [-0.39, 0.29) is 0 Å². The molecule has 252 valence electrons. The van der Waals surface area contributed by atoms with Gasteiger partial charge in [0.1, 0.15) is 0 Å². The number of thiophene rings is 1. The third-order valence-electron chi connectivity index (χ3n) is 11.8. The fraction of sp³-hybridized carbons (Fsp3) is 0.0196. The van der Waals surface area contributed by atoms with E-state index in [0.717, 1.165) is 17.1 Å². The van der Waals surface area contributed by atoms with Crippen LogP contribution in [0.15, 0.2) is 194 Å². The third kappa shape index (κ3) is 3.84. The lowest BCUT2D eigenvalue weighted by Crippen LogP contribution is -2.27. The van der Waals surface area contributed by atoms with Gasteiger partial charge in [-0.05, 0) is 88.5 Å². The van der Waals surface area contributed by atoms with E-state index in [4.69, 9.17) is 0 Å². The van der Waals surface area contributed by atoms with Crippen molar-refractivity contribution in [3.8, 4) is 27.9 Å². The Labute approximate surface area is 317 Å². The third-order valence-corrected chi connectivity index (χ3v) is 13.0. The zero-order chi connectivity index (χ0) is 35.4. The van der Waals surface area contributed by atoms with E-state index in [2.05, 4.69) is 204 Å². The van der Waals surface area contributed by atoms with Gasteiger partial charge in [-0.25, -0.2) is 0 Å². The molecular formula is C51H32N2S. The molecule has 3 heteroatoms. The first kappa shape index (κ1) is 29.9. The molecule has 0 N–H and O–H groups in total. The minimum absolute atomic E-state index is 0.474. The molecule has 1 atom stereocenters. The van der Waals surface area contributed by atoms with Gasteiger partial charge in [0.25, 0.3) is 0 Å². The van der Waals surface area contributed by atoms with Crippen molar-refractivity contribution >= 4 is 60.3 Å². The predicted octanol–water partition coefficient (Wildman–Crippen LogP) is 13.8. The molecule has 10 aromatic rings. The van der Waals surface area contributed by atoms with Crippen LogP contribution in [0, 0.1) is 0 Å². The van der Waals surface area contributed by atoms with Crippen LogP contribution in [0.1, 0.15) is 21.6 Å². The van der Waals surface area contributed by atoms with Crippen molar-refractivity contribution in [2.75, 3.05) is 4.90 Å². The van der Waals surface area contributed by atoms with Crippen molar-refractivity contribution < 1.29 is 0 Å². The lowest BCUT2D eigenvalue weighted by molar-refractivity contribution is 0.810. The number of para-hydroxylation sites is 3. The maximum absolute atomic E-state index is 2.51. The Hall–Kier alpha value is -6.68. The summed E-state index contributed by atoms with van der Waals surface area (Å²) in [5.74, 6) is 0. The Balaban J connectivity index is 1.19. The summed E-state index contributed by atoms with van der Waals surface area (Å²) >= 11 is 1.96. The summed E-state index contributed by atoms with van der Waals surface area (Å²) in [7, 11) is 0. The molecule has 0 fully saturated rings. The summed E-state index contributed by atoms with van der Waals surface area (Å²) in [6.45, 7) is 0. The van der Waals surface area contributed by atoms with Crippen LogP contribution in [0.4, 0.5) is 17.1 Å². The number of fused-ring (bicyclic) bond motifs is 15. The van der Waals surface area contributed by atoms with Gasteiger partial charge >= 0.3 is 0 Å². The summed E-state index contributed by atoms with van der Waals surface area (Å²) in [6.07, 6.45) is 0. The molecule has 0 unspecified atom stereocenters. The van der Waals surface area contributed by atoms with Crippen molar-refractivity contribution in [1.29, 1.82) is 0 Å². The number of benzene rings is 8. The van der Waals surface area contributed by atoms with Crippen LogP contribution in [0.5, 0.6) is 0 Å². The molecule has 0 saturated carbocycles. The number of hydrogen-bond acceptors (Lipinski definition) is 2. The zero-order valence-corrected chi connectivity index (χ0v) is 30.1. The highest BCUT2D eigenvalue weighted by Gasteiger charge is 2.55. The van der Waals surface area contributed by atoms with Crippen LogP contribution in [-0.4, -0.2) is 4.57 Å². The summed E-state index contributed by atoms with van der Waals surface area (Å²) in [5.41, 5.74) is 15.9. The van der Waals surface area contributed by atoms with Gasteiger partial charge in [-0.1, -0.05) is 133 Å². The Morgan fingerprint density at radius 1 is 0.444 bits per heavy atom. The van der Waals surface area contributed by atoms with E-state index in [1.165, 1.54) is 81.4 Å². The number of aromatic nitrogens is 1. The second-order valence-electron chi connectivity index (χ2n) is 14.4. The van der Waals surface area contributed by atoms with E-state index >= 15 is 0 Å². The summed E-state index contributed by atoms with van der Waals surface area (Å²) in [5, 5.41) is 3.81. The molecule has 0 radical (unpaired) electrons. The highest BCUT2D eigenvalue weighted by molar-refractivity contribution is 7.20. The predicted molar refractivity (Wildman–Crippen MR) is 227 cm³/mol. The van der Waals surface area contributed by atoms with Gasteiger partial charge in [-0.2, -0.15) is 0 Å². The fourth-order valence-electron chi connectivity index (χ4n) is 9.73. The lowest BCUT2D eigenvalue weighted by Gasteiger charge is -2.35. The van der Waals surface area contributed by atoms with Crippen molar-refractivity contribution in [2.24, 2.45) is 0 Å². The fourth-order valence-corrected chi connectivity index (χ4v) is 11.2. The molecular weight excluding hydrogens is 673 g/mol. The molecule has 2 aliphatic carbocycles. The molecule has 2 nitrogen and oxygen atoms in total. The molecule has 2 aromatic heterocycles. The monoisotopic (exact) mass is 704 g/mol. The second kappa shape index (κ2) is 11.2. The second-order valence-corrected chi connectivity index (χ2v) is 15.5. The normalized spacial score (nSPS) is 15.1. The zero-order valence-electron chi connectivity index (χ0n) is 29.3. The molecule has 8 aromatic carbocycles. The van der Waals surface area contributed by atoms with E-state index in [0.29, 0.717) is 0 Å². The summed E-state index contributed by atoms with van der Waals surface area (Å²) in [4.78, 5) is 3.92. The van der Waals surface area contributed by atoms with Gasteiger partial charge in [0.2, 0.25) is 0 Å². The Morgan fingerprint density at radius 3 is 1.91 bits per heavy atom. The summed E-state index contributed by atoms with van der Waals surface area (Å²) < 4.78 is 3.73. The standard InChI is InChI=1S/C51H32N2S/c1-3-16-33(17-4-1)52(35-30-31-45-41(32-35)37-21-9-13-27-44(37)53(45)34-18-5-2-6-19-34)46-28-15-24-38-36-20-7-11-25-42(36)51(49(38)46)43-26-12-8-22-39(43)48-40-23-10-14-29-47(40)54-50(48)51/h1-32H/t51-/m1/s1. The first-order valence-corrected chi connectivity index (χ1v) is 19.4. The van der Waals surface area contributed by atoms with Crippen molar-refractivity contribution in [3.05, 3.63) is 216 Å². The Bertz CT molecular complexity index is 3120. The van der Waals surface area contributed by atoms with E-state index in [1.54, 1.807) is 0 Å². The molecule has 0 bridgehead atoms. The molecule has 0 amide bonds. The quantitative estimate of drug-likeness (QED) is 0.177. The van der Waals surface area contributed by atoms with E-state index in [9.17, 15) is 0 Å². The van der Waals surface area contributed by atoms with Gasteiger partial charge in [-0.15, -0.1) is 11.3 Å². The minimum atomic E-state index is -0.474. The molecule has 54 heavy (non-hydrogen) atoms. The van der Waals surface area contributed by atoms with E-state index < -0.39 is 5.41 Å². The molecule has 0 saturated heterocycles. The van der Waals surface area contributed by atoms with Crippen LogP contribution in [-0.2, 0) is 5.41 Å². The molecule has 2 heterocycles. The molecule has 12 rings (SSSR count). The van der Waals surface area contributed by atoms with Crippen molar-refractivity contribution in [1.82, 2.24) is 4.57 Å². The molecule has 0 aliphatic heterocycles. The smallest absolute Gasteiger partial charge is 0.0839 e. The van der Waals surface area contributed by atoms with E-state index in [1.807, 2.05) is 11.3 Å².